The van der Waals surface area contributed by atoms with Gasteiger partial charge in [0, 0.05) is 22.8 Å². The summed E-state index contributed by atoms with van der Waals surface area (Å²) in [5.41, 5.74) is 4.31. The average Bonchev–Trinajstić information content (AvgIpc) is 3.05. The van der Waals surface area contributed by atoms with Gasteiger partial charge in [-0.1, -0.05) is 78.9 Å². The normalized spacial score (nSPS) is 17.7. The molecule has 0 aliphatic carbocycles. The molecule has 2 nitrogen and oxygen atoms in total. The molecule has 166 valence electrons. The Bertz CT molecular complexity index is 1030. The first-order chi connectivity index (χ1) is 15.5. The van der Waals surface area contributed by atoms with Crippen LogP contribution in [0.15, 0.2) is 84.9 Å². The van der Waals surface area contributed by atoms with Crippen molar-refractivity contribution >= 4 is 23.2 Å². The Labute approximate surface area is 197 Å². The zero-order valence-electron chi connectivity index (χ0n) is 19.3. The van der Waals surface area contributed by atoms with Crippen LogP contribution in [0.5, 0.6) is 0 Å². The minimum atomic E-state index is -0.273. The number of carbonyl (C=O) groups excluding carboxylic acids is 1. The number of hydrogen-bond donors (Lipinski definition) is 0. The van der Waals surface area contributed by atoms with Gasteiger partial charge in [0.25, 0.3) is 0 Å². The van der Waals surface area contributed by atoms with Crippen LogP contribution < -0.4 is 4.90 Å². The number of nitrogens with zero attached hydrogens (tertiary/aromatic N) is 1. The topological polar surface area (TPSA) is 20.3 Å². The number of anilines is 1. The molecular formula is C29H33NOS. The van der Waals surface area contributed by atoms with Gasteiger partial charge in [-0.15, -0.1) is 0 Å². The summed E-state index contributed by atoms with van der Waals surface area (Å²) in [5, 5.41) is 0. The molecule has 3 aromatic rings. The van der Waals surface area contributed by atoms with Gasteiger partial charge in [0.15, 0.2) is 5.78 Å². The van der Waals surface area contributed by atoms with E-state index in [2.05, 4.69) is 80.3 Å². The van der Waals surface area contributed by atoms with E-state index in [1.54, 1.807) is 0 Å². The second-order valence-electron chi connectivity index (χ2n) is 9.23. The quantitative estimate of drug-likeness (QED) is 0.262. The molecule has 32 heavy (non-hydrogen) atoms. The van der Waals surface area contributed by atoms with Gasteiger partial charge in [-0.05, 0) is 62.3 Å². The maximum atomic E-state index is 13.6. The second-order valence-corrected chi connectivity index (χ2v) is 10.5. The predicted octanol–water partition coefficient (Wildman–Crippen LogP) is 7.01. The summed E-state index contributed by atoms with van der Waals surface area (Å²) in [5.74, 6) is 2.33. The van der Waals surface area contributed by atoms with E-state index in [-0.39, 0.29) is 17.2 Å². The van der Waals surface area contributed by atoms with E-state index < -0.39 is 0 Å². The Balaban J connectivity index is 1.45. The lowest BCUT2D eigenvalue weighted by Gasteiger charge is -2.42. The number of benzene rings is 3. The van der Waals surface area contributed by atoms with Crippen molar-refractivity contribution in [3.8, 4) is 0 Å². The molecule has 0 fully saturated rings. The van der Waals surface area contributed by atoms with E-state index in [1.165, 1.54) is 11.3 Å². The van der Waals surface area contributed by atoms with E-state index >= 15 is 0 Å². The van der Waals surface area contributed by atoms with Crippen LogP contribution in [0.4, 0.5) is 5.69 Å². The molecule has 0 radical (unpaired) electrons. The number of carbonyl (C=O) groups is 1. The van der Waals surface area contributed by atoms with Gasteiger partial charge in [0.2, 0.25) is 0 Å². The Morgan fingerprint density at radius 2 is 1.53 bits per heavy atom. The molecule has 0 N–H and O–H groups in total. The Morgan fingerprint density at radius 3 is 2.25 bits per heavy atom. The Kier molecular flexibility index (Phi) is 7.05. The van der Waals surface area contributed by atoms with Crippen LogP contribution in [0.3, 0.4) is 0 Å². The standard InChI is InChI=1S/C29H33NOS/c1-22(18-20-32-21-19-23-12-6-4-7-13-23)30-26-17-11-10-16-25(26)27(29(30,2)3)28(31)24-14-8-5-9-15-24/h4-17,22,27H,18-21H2,1-3H3. The zero-order chi connectivity index (χ0) is 22.6. The van der Waals surface area contributed by atoms with Gasteiger partial charge < -0.3 is 4.90 Å². The van der Waals surface area contributed by atoms with Crippen molar-refractivity contribution in [3.05, 3.63) is 102 Å². The molecule has 0 saturated heterocycles. The fraction of sp³-hybridized carbons (Fsp3) is 0.345. The number of hydrogen-bond acceptors (Lipinski definition) is 3. The SMILES string of the molecule is CC(CCSCCc1ccccc1)N1c2ccccc2C(C(=O)c2ccccc2)C1(C)C. The number of aryl methyl sites for hydroxylation is 1. The van der Waals surface area contributed by atoms with Gasteiger partial charge in [-0.25, -0.2) is 0 Å². The third-order valence-corrected chi connectivity index (χ3v) is 7.67. The molecule has 3 heteroatoms. The molecule has 0 bridgehead atoms. The summed E-state index contributed by atoms with van der Waals surface area (Å²) < 4.78 is 0. The first-order valence-corrected chi connectivity index (χ1v) is 12.7. The van der Waals surface area contributed by atoms with Crippen LogP contribution in [0, 0.1) is 0 Å². The molecule has 1 aliphatic rings. The lowest BCUT2D eigenvalue weighted by molar-refractivity contribution is 0.0929. The monoisotopic (exact) mass is 443 g/mol. The molecule has 2 atom stereocenters. The summed E-state index contributed by atoms with van der Waals surface area (Å²) in [6.45, 7) is 6.78. The lowest BCUT2D eigenvalue weighted by Crippen LogP contribution is -2.50. The second kappa shape index (κ2) is 9.95. The molecular weight excluding hydrogens is 410 g/mol. The summed E-state index contributed by atoms with van der Waals surface area (Å²) in [6.07, 6.45) is 2.22. The van der Waals surface area contributed by atoms with Crippen molar-refractivity contribution in [1.82, 2.24) is 0 Å². The third kappa shape index (κ3) is 4.63. The van der Waals surface area contributed by atoms with Crippen LogP contribution in [-0.2, 0) is 6.42 Å². The maximum absolute atomic E-state index is 13.6. The van der Waals surface area contributed by atoms with Crippen LogP contribution in [0.25, 0.3) is 0 Å². The molecule has 1 aliphatic heterocycles. The first kappa shape index (κ1) is 22.7. The van der Waals surface area contributed by atoms with Crippen LogP contribution >= 0.6 is 11.8 Å². The minimum Gasteiger partial charge on any atom is -0.362 e. The first-order valence-electron chi connectivity index (χ1n) is 11.6. The van der Waals surface area contributed by atoms with Crippen molar-refractivity contribution < 1.29 is 4.79 Å². The Hall–Kier alpha value is -2.52. The highest BCUT2D eigenvalue weighted by atomic mass is 32.2. The molecule has 4 rings (SSSR count). The Morgan fingerprint density at radius 1 is 0.906 bits per heavy atom. The minimum absolute atomic E-state index is 0.158. The smallest absolute Gasteiger partial charge is 0.172 e. The van der Waals surface area contributed by atoms with Crippen LogP contribution in [0.2, 0.25) is 0 Å². The van der Waals surface area contributed by atoms with Crippen molar-refractivity contribution in [2.24, 2.45) is 0 Å². The zero-order valence-corrected chi connectivity index (χ0v) is 20.1. The molecule has 0 saturated carbocycles. The molecule has 1 heterocycles. The van der Waals surface area contributed by atoms with E-state index in [0.29, 0.717) is 6.04 Å². The number of rotatable bonds is 9. The summed E-state index contributed by atoms with van der Waals surface area (Å²) in [7, 11) is 0. The summed E-state index contributed by atoms with van der Waals surface area (Å²) in [6, 6.07) is 29.3. The van der Waals surface area contributed by atoms with Crippen molar-refractivity contribution in [2.45, 2.75) is 51.1 Å². The van der Waals surface area contributed by atoms with Crippen LogP contribution in [-0.4, -0.2) is 28.9 Å². The summed E-state index contributed by atoms with van der Waals surface area (Å²) >= 11 is 2.03. The van der Waals surface area contributed by atoms with Gasteiger partial charge in [0.1, 0.15) is 0 Å². The van der Waals surface area contributed by atoms with Gasteiger partial charge in [0.05, 0.1) is 5.92 Å². The number of fused-ring (bicyclic) bond motifs is 1. The highest BCUT2D eigenvalue weighted by Gasteiger charge is 2.49. The van der Waals surface area contributed by atoms with Gasteiger partial charge >= 0.3 is 0 Å². The van der Waals surface area contributed by atoms with E-state index in [1.807, 2.05) is 42.1 Å². The van der Waals surface area contributed by atoms with Crippen molar-refractivity contribution in [2.75, 3.05) is 16.4 Å². The number of para-hydroxylation sites is 1. The summed E-state index contributed by atoms with van der Waals surface area (Å²) in [4.78, 5) is 16.1. The number of thioether (sulfide) groups is 1. The lowest BCUT2D eigenvalue weighted by atomic mass is 9.79. The van der Waals surface area contributed by atoms with E-state index in [4.69, 9.17) is 0 Å². The molecule has 0 aromatic heterocycles. The highest BCUT2D eigenvalue weighted by Crippen LogP contribution is 2.50. The largest absolute Gasteiger partial charge is 0.362 e. The van der Waals surface area contributed by atoms with E-state index in [0.717, 1.165) is 35.5 Å². The highest BCUT2D eigenvalue weighted by molar-refractivity contribution is 7.99. The van der Waals surface area contributed by atoms with Crippen LogP contribution in [0.1, 0.15) is 54.6 Å². The maximum Gasteiger partial charge on any atom is 0.172 e. The number of ketones is 1. The van der Waals surface area contributed by atoms with Crippen molar-refractivity contribution in [3.63, 3.8) is 0 Å². The van der Waals surface area contributed by atoms with Crippen molar-refractivity contribution in [1.29, 1.82) is 0 Å². The third-order valence-electron chi connectivity index (χ3n) is 6.65. The molecule has 0 spiro atoms. The molecule has 2 unspecified atom stereocenters. The predicted molar refractivity (Wildman–Crippen MR) is 138 cm³/mol. The number of Topliss-reactive ketones (excluding diaryl/α,β-unsaturated/α-hetero) is 1. The molecule has 0 amide bonds. The fourth-order valence-corrected chi connectivity index (χ4v) is 6.23. The van der Waals surface area contributed by atoms with Gasteiger partial charge in [-0.2, -0.15) is 11.8 Å². The van der Waals surface area contributed by atoms with Gasteiger partial charge in [-0.3, -0.25) is 4.79 Å². The van der Waals surface area contributed by atoms with E-state index in [9.17, 15) is 4.79 Å². The fourth-order valence-electron chi connectivity index (χ4n) is 5.14. The average molecular weight is 444 g/mol. The molecule has 3 aromatic carbocycles.